The van der Waals surface area contributed by atoms with Crippen LogP contribution in [0, 0.1) is 26.7 Å². The topological polar surface area (TPSA) is 64.7 Å². The van der Waals surface area contributed by atoms with E-state index in [1.54, 1.807) is 0 Å². The molecule has 2 rings (SSSR count). The van der Waals surface area contributed by atoms with Gasteiger partial charge in [0.05, 0.1) is 34.4 Å². The highest BCUT2D eigenvalue weighted by atomic mass is 79.9. The Labute approximate surface area is 151 Å². The number of aryl methyl sites for hydroxylation is 3. The number of rotatable bonds is 6. The van der Waals surface area contributed by atoms with Crippen molar-refractivity contribution in [2.24, 2.45) is 5.92 Å². The molecule has 0 saturated heterocycles. The van der Waals surface area contributed by atoms with Gasteiger partial charge in [-0.05, 0) is 50.5 Å². The minimum atomic E-state index is -0.168. The largest absolute Gasteiger partial charge is 0.349 e. The molecule has 0 aliphatic rings. The maximum absolute atomic E-state index is 12.5. The molecule has 2 unspecified atom stereocenters. The van der Waals surface area contributed by atoms with Crippen LogP contribution in [0.4, 0.5) is 0 Å². The summed E-state index contributed by atoms with van der Waals surface area (Å²) in [4.78, 5) is 12.5. The lowest BCUT2D eigenvalue weighted by Crippen LogP contribution is -2.34. The van der Waals surface area contributed by atoms with Gasteiger partial charge < -0.3 is 5.32 Å². The molecule has 0 spiro atoms. The van der Waals surface area contributed by atoms with Crippen LogP contribution in [0.3, 0.4) is 0 Å². The standard InChI is InChI=1S/C17H26BrN5O/c1-7-22-9-15(12(4)20-22)11(3)19-17(24)10(2)8-23-14(6)16(18)13(5)21-23/h9-11H,7-8H2,1-6H3,(H,19,24). The van der Waals surface area contributed by atoms with Crippen molar-refractivity contribution in [3.8, 4) is 0 Å². The highest BCUT2D eigenvalue weighted by Gasteiger charge is 2.20. The second-order valence-electron chi connectivity index (χ2n) is 6.32. The summed E-state index contributed by atoms with van der Waals surface area (Å²) in [6.45, 7) is 13.3. The molecule has 2 atom stereocenters. The van der Waals surface area contributed by atoms with Crippen molar-refractivity contribution < 1.29 is 4.79 Å². The number of aromatic nitrogens is 4. The average Bonchev–Trinajstić information content (AvgIpc) is 3.03. The lowest BCUT2D eigenvalue weighted by atomic mass is 10.1. The first-order valence-electron chi connectivity index (χ1n) is 8.28. The minimum Gasteiger partial charge on any atom is -0.349 e. The van der Waals surface area contributed by atoms with E-state index in [-0.39, 0.29) is 17.9 Å². The van der Waals surface area contributed by atoms with Gasteiger partial charge in [0.25, 0.3) is 0 Å². The Kier molecular flexibility index (Phi) is 5.85. The summed E-state index contributed by atoms with van der Waals surface area (Å²) >= 11 is 3.52. The van der Waals surface area contributed by atoms with Gasteiger partial charge >= 0.3 is 0 Å². The first kappa shape index (κ1) is 18.7. The second-order valence-corrected chi connectivity index (χ2v) is 7.12. The van der Waals surface area contributed by atoms with Crippen molar-refractivity contribution >= 4 is 21.8 Å². The van der Waals surface area contributed by atoms with Gasteiger partial charge in [0, 0.05) is 24.0 Å². The predicted molar refractivity (Wildman–Crippen MR) is 97.8 cm³/mol. The third-order valence-electron chi connectivity index (χ3n) is 4.32. The van der Waals surface area contributed by atoms with Gasteiger partial charge in [-0.3, -0.25) is 14.2 Å². The highest BCUT2D eigenvalue weighted by molar-refractivity contribution is 9.10. The lowest BCUT2D eigenvalue weighted by Gasteiger charge is -2.18. The zero-order valence-corrected chi connectivity index (χ0v) is 16.8. The van der Waals surface area contributed by atoms with Crippen molar-refractivity contribution in [2.75, 3.05) is 0 Å². The Morgan fingerprint density at radius 1 is 1.25 bits per heavy atom. The van der Waals surface area contributed by atoms with Crippen molar-refractivity contribution in [3.63, 3.8) is 0 Å². The van der Waals surface area contributed by atoms with Crippen LogP contribution in [-0.2, 0) is 17.9 Å². The number of carbonyl (C=O) groups excluding carboxylic acids is 1. The molecular weight excluding hydrogens is 370 g/mol. The first-order chi connectivity index (χ1) is 11.2. The summed E-state index contributed by atoms with van der Waals surface area (Å²) in [6.07, 6.45) is 2.00. The summed E-state index contributed by atoms with van der Waals surface area (Å²) in [5.41, 5.74) is 4.00. The molecule has 132 valence electrons. The third kappa shape index (κ3) is 3.88. The number of halogens is 1. The highest BCUT2D eigenvalue weighted by Crippen LogP contribution is 2.21. The Balaban J connectivity index is 2.02. The smallest absolute Gasteiger partial charge is 0.225 e. The Morgan fingerprint density at radius 3 is 2.42 bits per heavy atom. The lowest BCUT2D eigenvalue weighted by molar-refractivity contribution is -0.125. The van der Waals surface area contributed by atoms with Crippen molar-refractivity contribution in [1.82, 2.24) is 24.9 Å². The van der Waals surface area contributed by atoms with Gasteiger partial charge in [-0.15, -0.1) is 0 Å². The van der Waals surface area contributed by atoms with Crippen LogP contribution in [-0.4, -0.2) is 25.5 Å². The predicted octanol–water partition coefficient (Wildman–Crippen LogP) is 3.30. The number of hydrogen-bond donors (Lipinski definition) is 1. The van der Waals surface area contributed by atoms with Gasteiger partial charge in [-0.1, -0.05) is 6.92 Å². The Morgan fingerprint density at radius 2 is 1.92 bits per heavy atom. The molecule has 2 heterocycles. The Hall–Kier alpha value is -1.63. The maximum atomic E-state index is 12.5. The molecule has 0 fully saturated rings. The third-order valence-corrected chi connectivity index (χ3v) is 5.47. The van der Waals surface area contributed by atoms with E-state index in [4.69, 9.17) is 0 Å². The summed E-state index contributed by atoms with van der Waals surface area (Å²) in [5.74, 6) is -0.145. The molecule has 7 heteroatoms. The molecule has 0 aromatic carbocycles. The SMILES string of the molecule is CCn1cc(C(C)NC(=O)C(C)Cn2nc(C)c(Br)c2C)c(C)n1. The number of carbonyl (C=O) groups is 1. The quantitative estimate of drug-likeness (QED) is 0.815. The summed E-state index contributed by atoms with van der Waals surface area (Å²) < 4.78 is 4.78. The molecule has 0 radical (unpaired) electrons. The fourth-order valence-electron chi connectivity index (χ4n) is 2.75. The van der Waals surface area contributed by atoms with Crippen LogP contribution in [0.25, 0.3) is 0 Å². The van der Waals surface area contributed by atoms with Crippen LogP contribution in [0.15, 0.2) is 10.7 Å². The fraction of sp³-hybridized carbons (Fsp3) is 0.588. The number of nitrogens with one attached hydrogen (secondary N) is 1. The van der Waals surface area contributed by atoms with Crippen molar-refractivity contribution in [3.05, 3.63) is 33.3 Å². The molecule has 24 heavy (non-hydrogen) atoms. The van der Waals surface area contributed by atoms with Crippen molar-refractivity contribution in [2.45, 2.75) is 60.7 Å². The summed E-state index contributed by atoms with van der Waals surface area (Å²) in [5, 5.41) is 12.0. The van der Waals surface area contributed by atoms with E-state index >= 15 is 0 Å². The summed E-state index contributed by atoms with van der Waals surface area (Å²) in [6, 6.07) is -0.0626. The van der Waals surface area contributed by atoms with Gasteiger partial charge in [0.15, 0.2) is 0 Å². The van der Waals surface area contributed by atoms with E-state index in [9.17, 15) is 4.79 Å². The van der Waals surface area contributed by atoms with E-state index in [0.29, 0.717) is 6.54 Å². The average molecular weight is 396 g/mol. The number of nitrogens with zero attached hydrogens (tertiary/aromatic N) is 4. The van der Waals surface area contributed by atoms with E-state index in [1.165, 1.54) is 0 Å². The molecular formula is C17H26BrN5O. The zero-order chi connectivity index (χ0) is 18.0. The van der Waals surface area contributed by atoms with Gasteiger partial charge in [-0.2, -0.15) is 10.2 Å². The van der Waals surface area contributed by atoms with Gasteiger partial charge in [0.2, 0.25) is 5.91 Å². The van der Waals surface area contributed by atoms with E-state index in [2.05, 4.69) is 31.4 Å². The van der Waals surface area contributed by atoms with Crippen LogP contribution >= 0.6 is 15.9 Å². The first-order valence-corrected chi connectivity index (χ1v) is 9.07. The second kappa shape index (κ2) is 7.51. The number of amides is 1. The fourth-order valence-corrected chi connectivity index (χ4v) is 3.03. The van der Waals surface area contributed by atoms with E-state index in [0.717, 1.165) is 33.7 Å². The zero-order valence-electron chi connectivity index (χ0n) is 15.2. The van der Waals surface area contributed by atoms with Crippen LogP contribution in [0.1, 0.15) is 49.5 Å². The molecule has 2 aromatic heterocycles. The molecule has 0 saturated carbocycles. The molecule has 2 aromatic rings. The molecule has 1 N–H and O–H groups in total. The molecule has 1 amide bonds. The molecule has 6 nitrogen and oxygen atoms in total. The molecule has 0 aliphatic carbocycles. The van der Waals surface area contributed by atoms with Crippen LogP contribution in [0.2, 0.25) is 0 Å². The summed E-state index contributed by atoms with van der Waals surface area (Å²) in [7, 11) is 0. The maximum Gasteiger partial charge on any atom is 0.225 e. The van der Waals surface area contributed by atoms with Crippen molar-refractivity contribution in [1.29, 1.82) is 0 Å². The molecule has 0 bridgehead atoms. The van der Waals surface area contributed by atoms with E-state index < -0.39 is 0 Å². The van der Waals surface area contributed by atoms with Gasteiger partial charge in [-0.25, -0.2) is 0 Å². The minimum absolute atomic E-state index is 0.0230. The number of hydrogen-bond acceptors (Lipinski definition) is 3. The van der Waals surface area contributed by atoms with Crippen LogP contribution in [0.5, 0.6) is 0 Å². The normalized spacial score (nSPS) is 13.8. The van der Waals surface area contributed by atoms with E-state index in [1.807, 2.05) is 57.1 Å². The van der Waals surface area contributed by atoms with Gasteiger partial charge in [0.1, 0.15) is 0 Å². The van der Waals surface area contributed by atoms with Crippen LogP contribution < -0.4 is 5.32 Å². The molecule has 0 aliphatic heterocycles. The Bertz CT molecular complexity index is 734. The monoisotopic (exact) mass is 395 g/mol.